The van der Waals surface area contributed by atoms with E-state index in [9.17, 15) is 13.2 Å². The molecule has 4 rings (SSSR count). The SMILES string of the molecule is Cc1ccc(CN(C)C(=O)[C@H]2CN(S(=O)(=O)c3ccc(C)cc3)c3ccccc3O2)cc1. The number of aryl methyl sites for hydroxylation is 2. The van der Waals surface area contributed by atoms with Crippen molar-refractivity contribution in [2.75, 3.05) is 17.9 Å². The molecule has 7 heteroatoms. The van der Waals surface area contributed by atoms with Crippen LogP contribution in [0.2, 0.25) is 0 Å². The molecule has 0 spiro atoms. The number of sulfonamides is 1. The van der Waals surface area contributed by atoms with Gasteiger partial charge in [0.15, 0.2) is 6.10 Å². The highest BCUT2D eigenvalue weighted by atomic mass is 32.2. The van der Waals surface area contributed by atoms with Crippen LogP contribution >= 0.6 is 0 Å². The van der Waals surface area contributed by atoms with E-state index in [-0.39, 0.29) is 17.3 Å². The van der Waals surface area contributed by atoms with Gasteiger partial charge in [-0.2, -0.15) is 0 Å². The molecule has 1 aliphatic rings. The fourth-order valence-corrected chi connectivity index (χ4v) is 5.16. The Labute approximate surface area is 189 Å². The van der Waals surface area contributed by atoms with Crippen molar-refractivity contribution in [1.82, 2.24) is 4.90 Å². The van der Waals surface area contributed by atoms with Crippen molar-refractivity contribution in [2.45, 2.75) is 31.4 Å². The minimum absolute atomic E-state index is 0.0930. The van der Waals surface area contributed by atoms with Crippen molar-refractivity contribution in [3.63, 3.8) is 0 Å². The number of benzene rings is 3. The molecule has 0 aromatic heterocycles. The number of hydrogen-bond acceptors (Lipinski definition) is 4. The number of ether oxygens (including phenoxy) is 1. The van der Waals surface area contributed by atoms with Crippen molar-refractivity contribution in [2.24, 2.45) is 0 Å². The van der Waals surface area contributed by atoms with E-state index in [1.165, 1.54) is 4.31 Å². The van der Waals surface area contributed by atoms with Crippen molar-refractivity contribution >= 4 is 21.6 Å². The quantitative estimate of drug-likeness (QED) is 0.591. The fraction of sp³-hybridized carbons (Fsp3) is 0.240. The summed E-state index contributed by atoms with van der Waals surface area (Å²) in [6.07, 6.45) is -0.944. The first-order valence-electron chi connectivity index (χ1n) is 10.4. The zero-order valence-corrected chi connectivity index (χ0v) is 19.2. The average molecular weight is 451 g/mol. The predicted octanol–water partition coefficient (Wildman–Crippen LogP) is 3.92. The third-order valence-electron chi connectivity index (χ3n) is 5.54. The Bertz CT molecular complexity index is 1220. The van der Waals surface area contributed by atoms with Gasteiger partial charge in [0.1, 0.15) is 5.75 Å². The van der Waals surface area contributed by atoms with Gasteiger partial charge in [0.05, 0.1) is 17.1 Å². The summed E-state index contributed by atoms with van der Waals surface area (Å²) in [7, 11) is -2.17. The van der Waals surface area contributed by atoms with Gasteiger partial charge < -0.3 is 9.64 Å². The lowest BCUT2D eigenvalue weighted by molar-refractivity contribution is -0.137. The maximum atomic E-state index is 13.5. The van der Waals surface area contributed by atoms with E-state index in [0.29, 0.717) is 18.0 Å². The molecular weight excluding hydrogens is 424 g/mol. The van der Waals surface area contributed by atoms with E-state index in [1.54, 1.807) is 60.5 Å². The maximum Gasteiger partial charge on any atom is 0.265 e. The highest BCUT2D eigenvalue weighted by molar-refractivity contribution is 7.92. The number of nitrogens with zero attached hydrogens (tertiary/aromatic N) is 2. The first-order valence-corrected chi connectivity index (χ1v) is 11.9. The van der Waals surface area contributed by atoms with Gasteiger partial charge >= 0.3 is 0 Å². The normalized spacial score (nSPS) is 15.6. The van der Waals surface area contributed by atoms with Crippen LogP contribution in [0.3, 0.4) is 0 Å². The van der Waals surface area contributed by atoms with E-state index in [4.69, 9.17) is 4.74 Å². The number of carbonyl (C=O) groups excluding carboxylic acids is 1. The number of anilines is 1. The number of likely N-dealkylation sites (N-methyl/N-ethyl adjacent to an activating group) is 1. The molecular formula is C25H26N2O4S. The van der Waals surface area contributed by atoms with Crippen LogP contribution in [0.25, 0.3) is 0 Å². The molecule has 1 heterocycles. The van der Waals surface area contributed by atoms with E-state index < -0.39 is 16.1 Å². The molecule has 32 heavy (non-hydrogen) atoms. The summed E-state index contributed by atoms with van der Waals surface area (Å²) in [5.74, 6) is 0.0979. The van der Waals surface area contributed by atoms with Crippen molar-refractivity contribution < 1.29 is 17.9 Å². The van der Waals surface area contributed by atoms with Crippen LogP contribution in [0.5, 0.6) is 5.75 Å². The molecule has 3 aromatic rings. The topological polar surface area (TPSA) is 66.9 Å². The van der Waals surface area contributed by atoms with Crippen molar-refractivity contribution in [1.29, 1.82) is 0 Å². The maximum absolute atomic E-state index is 13.5. The number of para-hydroxylation sites is 2. The molecule has 0 unspecified atom stereocenters. The molecule has 0 bridgehead atoms. The summed E-state index contributed by atoms with van der Waals surface area (Å²) >= 11 is 0. The summed E-state index contributed by atoms with van der Waals surface area (Å²) in [5.41, 5.74) is 3.54. The standard InChI is InChI=1S/C25H26N2O4S/c1-18-8-12-20(13-9-18)16-26(3)25(28)24-17-27(22-6-4-5-7-23(22)31-24)32(29,30)21-14-10-19(2)11-15-21/h4-15,24H,16-17H2,1-3H3/t24-/m1/s1. The summed E-state index contributed by atoms with van der Waals surface area (Å²) in [6.45, 7) is 4.23. The molecule has 0 saturated carbocycles. The summed E-state index contributed by atoms with van der Waals surface area (Å²) in [5, 5.41) is 0. The van der Waals surface area contributed by atoms with Crippen LogP contribution in [-0.4, -0.2) is 38.9 Å². The molecule has 1 amide bonds. The number of fused-ring (bicyclic) bond motifs is 1. The van der Waals surface area contributed by atoms with E-state index in [1.807, 2.05) is 38.1 Å². The van der Waals surface area contributed by atoms with Gasteiger partial charge in [-0.1, -0.05) is 59.7 Å². The molecule has 0 saturated heterocycles. The largest absolute Gasteiger partial charge is 0.476 e. The molecule has 0 aliphatic carbocycles. The van der Waals surface area contributed by atoms with Crippen LogP contribution in [0, 0.1) is 13.8 Å². The van der Waals surface area contributed by atoms with Gasteiger partial charge in [-0.3, -0.25) is 9.10 Å². The number of hydrogen-bond donors (Lipinski definition) is 0. The highest BCUT2D eigenvalue weighted by Crippen LogP contribution is 2.37. The van der Waals surface area contributed by atoms with Crippen LogP contribution in [-0.2, 0) is 21.4 Å². The highest BCUT2D eigenvalue weighted by Gasteiger charge is 2.38. The smallest absolute Gasteiger partial charge is 0.265 e. The van der Waals surface area contributed by atoms with Crippen molar-refractivity contribution in [3.8, 4) is 5.75 Å². The third kappa shape index (κ3) is 4.34. The minimum Gasteiger partial charge on any atom is -0.476 e. The molecule has 6 nitrogen and oxygen atoms in total. The zero-order chi connectivity index (χ0) is 22.9. The van der Waals surface area contributed by atoms with Crippen LogP contribution < -0.4 is 9.04 Å². The lowest BCUT2D eigenvalue weighted by atomic mass is 10.1. The average Bonchev–Trinajstić information content (AvgIpc) is 2.79. The number of amides is 1. The summed E-state index contributed by atoms with van der Waals surface area (Å²) < 4.78 is 34.2. The van der Waals surface area contributed by atoms with E-state index in [2.05, 4.69) is 0 Å². The number of rotatable bonds is 5. The predicted molar refractivity (Wildman–Crippen MR) is 124 cm³/mol. The monoisotopic (exact) mass is 450 g/mol. The minimum atomic E-state index is -3.87. The van der Waals surface area contributed by atoms with Gasteiger partial charge in [0.2, 0.25) is 0 Å². The Kier molecular flexibility index (Phi) is 5.93. The van der Waals surface area contributed by atoms with Gasteiger partial charge in [-0.15, -0.1) is 0 Å². The van der Waals surface area contributed by atoms with Crippen LogP contribution in [0.15, 0.2) is 77.7 Å². The Balaban J connectivity index is 1.62. The molecule has 1 atom stereocenters. The lowest BCUT2D eigenvalue weighted by Crippen LogP contribution is -2.50. The summed E-state index contributed by atoms with van der Waals surface area (Å²) in [6, 6.07) is 21.5. The first kappa shape index (κ1) is 21.9. The second-order valence-electron chi connectivity index (χ2n) is 8.10. The molecule has 0 N–H and O–H groups in total. The van der Waals surface area contributed by atoms with Crippen LogP contribution in [0.1, 0.15) is 16.7 Å². The van der Waals surface area contributed by atoms with E-state index in [0.717, 1.165) is 16.7 Å². The van der Waals surface area contributed by atoms with Crippen molar-refractivity contribution in [3.05, 3.63) is 89.5 Å². The second kappa shape index (κ2) is 8.67. The number of carbonyl (C=O) groups is 1. The Hall–Kier alpha value is -3.32. The van der Waals surface area contributed by atoms with Gasteiger partial charge in [-0.25, -0.2) is 8.42 Å². The molecule has 166 valence electrons. The fourth-order valence-electron chi connectivity index (χ4n) is 3.69. The Morgan fingerprint density at radius 3 is 2.22 bits per heavy atom. The van der Waals surface area contributed by atoms with Crippen LogP contribution in [0.4, 0.5) is 5.69 Å². The Morgan fingerprint density at radius 2 is 1.56 bits per heavy atom. The first-order chi connectivity index (χ1) is 15.3. The molecule has 1 aliphatic heterocycles. The van der Waals surface area contributed by atoms with E-state index >= 15 is 0 Å². The van der Waals surface area contributed by atoms with Gasteiger partial charge in [-0.05, 0) is 43.7 Å². The second-order valence-corrected chi connectivity index (χ2v) is 9.97. The lowest BCUT2D eigenvalue weighted by Gasteiger charge is -2.36. The molecule has 0 fully saturated rings. The Morgan fingerprint density at radius 1 is 0.969 bits per heavy atom. The molecule has 0 radical (unpaired) electrons. The molecule has 3 aromatic carbocycles. The summed E-state index contributed by atoms with van der Waals surface area (Å²) in [4.78, 5) is 15.0. The van der Waals surface area contributed by atoms with Gasteiger partial charge in [0.25, 0.3) is 15.9 Å². The van der Waals surface area contributed by atoms with Gasteiger partial charge in [0, 0.05) is 13.6 Å². The zero-order valence-electron chi connectivity index (χ0n) is 18.4. The third-order valence-corrected chi connectivity index (χ3v) is 7.33.